The minimum absolute atomic E-state index is 0. The van der Waals surface area contributed by atoms with Gasteiger partial charge in [-0.15, -0.1) is 0 Å². The maximum Gasteiger partial charge on any atom is 0.356 e. The van der Waals surface area contributed by atoms with Crippen LogP contribution in [0.1, 0.15) is 38.7 Å². The maximum atomic E-state index is 11.5. The second kappa shape index (κ2) is 6.15. The molecule has 0 saturated heterocycles. The summed E-state index contributed by atoms with van der Waals surface area (Å²) < 4.78 is 6.38. The van der Waals surface area contributed by atoms with Crippen LogP contribution in [0.15, 0.2) is 10.9 Å². The van der Waals surface area contributed by atoms with E-state index in [2.05, 4.69) is 5.10 Å². The lowest BCUT2D eigenvalue weighted by Gasteiger charge is -2.09. The third-order valence-corrected chi connectivity index (χ3v) is 1.84. The van der Waals surface area contributed by atoms with E-state index in [1.165, 1.54) is 10.7 Å². The average Bonchev–Trinajstić information content (AvgIpc) is 2.46. The van der Waals surface area contributed by atoms with Crippen LogP contribution in [-0.4, -0.2) is 22.4 Å². The van der Waals surface area contributed by atoms with Crippen molar-refractivity contribution in [2.24, 2.45) is 5.92 Å². The summed E-state index contributed by atoms with van der Waals surface area (Å²) in [6.07, 6.45) is 0. The molecule has 92 valence electrons. The van der Waals surface area contributed by atoms with Crippen LogP contribution < -0.4 is 5.56 Å². The Kier molecular flexibility index (Phi) is 5.56. The molecule has 0 atom stereocenters. The van der Waals surface area contributed by atoms with Crippen LogP contribution in [0.4, 0.5) is 0 Å². The van der Waals surface area contributed by atoms with Gasteiger partial charge in [-0.05, 0) is 12.8 Å². The highest BCUT2D eigenvalue weighted by Crippen LogP contribution is 2.03. The van der Waals surface area contributed by atoms with Crippen LogP contribution in [-0.2, 0) is 11.3 Å². The Morgan fingerprint density at radius 2 is 2.19 bits per heavy atom. The molecule has 0 aliphatic heterocycles. The van der Waals surface area contributed by atoms with Gasteiger partial charge in [-0.2, -0.15) is 0 Å². The van der Waals surface area contributed by atoms with E-state index in [0.717, 1.165) is 0 Å². The zero-order valence-corrected chi connectivity index (χ0v) is 9.24. The number of hydrogen-bond donors (Lipinski definition) is 1. The van der Waals surface area contributed by atoms with Crippen molar-refractivity contribution in [3.8, 4) is 0 Å². The number of ether oxygens (including phenoxy) is 1. The Morgan fingerprint density at radius 3 is 2.69 bits per heavy atom. The third-order valence-electron chi connectivity index (χ3n) is 1.84. The Labute approximate surface area is 95.4 Å². The van der Waals surface area contributed by atoms with Crippen LogP contribution in [0.3, 0.4) is 0 Å². The van der Waals surface area contributed by atoms with Gasteiger partial charge in [-0.3, -0.25) is 14.6 Å². The van der Waals surface area contributed by atoms with E-state index in [-0.39, 0.29) is 18.7 Å². The van der Waals surface area contributed by atoms with Gasteiger partial charge in [0.15, 0.2) is 0 Å². The molecule has 1 rings (SSSR count). The van der Waals surface area contributed by atoms with Crippen LogP contribution in [0.5, 0.6) is 0 Å². The molecule has 0 saturated carbocycles. The molecule has 0 amide bonds. The molecule has 5 heteroatoms. The SMILES string of the molecule is C.CCOC(=O)c1cc(=O)[nH]n1CC(C)C. The molecule has 16 heavy (non-hydrogen) atoms. The fraction of sp³-hybridized carbons (Fsp3) is 0.636. The smallest absolute Gasteiger partial charge is 0.356 e. The van der Waals surface area contributed by atoms with E-state index in [9.17, 15) is 9.59 Å². The molecule has 0 radical (unpaired) electrons. The molecule has 0 fully saturated rings. The number of carbonyl (C=O) groups excluding carboxylic acids is 1. The summed E-state index contributed by atoms with van der Waals surface area (Å²) in [7, 11) is 0. The van der Waals surface area contributed by atoms with Crippen molar-refractivity contribution in [1.29, 1.82) is 0 Å². The fourth-order valence-corrected chi connectivity index (χ4v) is 1.31. The van der Waals surface area contributed by atoms with Crippen molar-refractivity contribution in [3.63, 3.8) is 0 Å². The summed E-state index contributed by atoms with van der Waals surface area (Å²) in [6.45, 7) is 6.65. The van der Waals surface area contributed by atoms with Gasteiger partial charge in [0.2, 0.25) is 0 Å². The lowest BCUT2D eigenvalue weighted by atomic mass is 10.2. The van der Waals surface area contributed by atoms with Gasteiger partial charge in [0.25, 0.3) is 5.56 Å². The highest BCUT2D eigenvalue weighted by molar-refractivity contribution is 5.87. The molecule has 5 nitrogen and oxygen atoms in total. The number of aromatic nitrogens is 2. The number of esters is 1. The maximum absolute atomic E-state index is 11.5. The number of H-pyrrole nitrogens is 1. The Bertz CT molecular complexity index is 390. The number of nitrogens with zero attached hydrogens (tertiary/aromatic N) is 1. The molecule has 1 heterocycles. The van der Waals surface area contributed by atoms with Gasteiger partial charge in [0.1, 0.15) is 5.69 Å². The van der Waals surface area contributed by atoms with Gasteiger partial charge in [-0.1, -0.05) is 21.3 Å². The summed E-state index contributed by atoms with van der Waals surface area (Å²) in [5.41, 5.74) is 0.00857. The number of nitrogens with one attached hydrogen (secondary N) is 1. The van der Waals surface area contributed by atoms with Crippen molar-refractivity contribution >= 4 is 5.97 Å². The average molecular weight is 228 g/mol. The Hall–Kier alpha value is -1.52. The van der Waals surface area contributed by atoms with E-state index in [1.54, 1.807) is 6.92 Å². The lowest BCUT2D eigenvalue weighted by molar-refractivity contribution is 0.0511. The third kappa shape index (κ3) is 3.56. The predicted octanol–water partition coefficient (Wildman–Crippen LogP) is 1.65. The van der Waals surface area contributed by atoms with Crippen molar-refractivity contribution < 1.29 is 9.53 Å². The first-order valence-corrected chi connectivity index (χ1v) is 5.01. The first-order chi connectivity index (χ1) is 7.04. The monoisotopic (exact) mass is 228 g/mol. The molecule has 0 aliphatic rings. The second-order valence-electron chi connectivity index (χ2n) is 3.73. The zero-order valence-electron chi connectivity index (χ0n) is 9.24. The van der Waals surface area contributed by atoms with Crippen molar-refractivity contribution in [2.75, 3.05) is 6.61 Å². The molecule has 0 unspecified atom stereocenters. The van der Waals surface area contributed by atoms with Crippen molar-refractivity contribution in [2.45, 2.75) is 34.7 Å². The largest absolute Gasteiger partial charge is 0.461 e. The van der Waals surface area contributed by atoms with Gasteiger partial charge in [-0.25, -0.2) is 4.79 Å². The summed E-state index contributed by atoms with van der Waals surface area (Å²) in [5.74, 6) is -0.113. The van der Waals surface area contributed by atoms with Gasteiger partial charge in [0.05, 0.1) is 6.61 Å². The molecule has 1 aromatic heterocycles. The quantitative estimate of drug-likeness (QED) is 0.797. The number of aromatic amines is 1. The molecule has 0 aliphatic carbocycles. The van der Waals surface area contributed by atoms with E-state index >= 15 is 0 Å². The van der Waals surface area contributed by atoms with Gasteiger partial charge in [0, 0.05) is 12.6 Å². The first-order valence-electron chi connectivity index (χ1n) is 5.01. The standard InChI is InChI=1S/C10H16N2O3.CH4/c1-4-15-10(14)8-5-9(13)11-12(8)6-7(2)3;/h5,7H,4,6H2,1-3H3,(H,11,13);1H4. The molecule has 0 spiro atoms. The van der Waals surface area contributed by atoms with Crippen LogP contribution in [0.2, 0.25) is 0 Å². The predicted molar refractivity (Wildman–Crippen MR) is 62.6 cm³/mol. The highest BCUT2D eigenvalue weighted by atomic mass is 16.5. The van der Waals surface area contributed by atoms with Crippen LogP contribution in [0.25, 0.3) is 0 Å². The topological polar surface area (TPSA) is 64.1 Å². The Balaban J connectivity index is 0.00000225. The molecule has 1 N–H and O–H groups in total. The van der Waals surface area contributed by atoms with E-state index in [1.807, 2.05) is 13.8 Å². The fourth-order valence-electron chi connectivity index (χ4n) is 1.31. The lowest BCUT2D eigenvalue weighted by Crippen LogP contribution is -2.16. The van der Waals surface area contributed by atoms with E-state index in [4.69, 9.17) is 4.74 Å². The summed E-state index contributed by atoms with van der Waals surface area (Å²) in [5, 5.41) is 2.58. The zero-order chi connectivity index (χ0) is 11.4. The molecule has 0 bridgehead atoms. The minimum atomic E-state index is -0.462. The molecular weight excluding hydrogens is 208 g/mol. The van der Waals surface area contributed by atoms with Crippen LogP contribution >= 0.6 is 0 Å². The van der Waals surface area contributed by atoms with Crippen molar-refractivity contribution in [1.82, 2.24) is 9.78 Å². The highest BCUT2D eigenvalue weighted by Gasteiger charge is 2.14. The number of hydrogen-bond acceptors (Lipinski definition) is 3. The first kappa shape index (κ1) is 14.5. The van der Waals surface area contributed by atoms with Gasteiger partial charge >= 0.3 is 5.97 Å². The van der Waals surface area contributed by atoms with Crippen LogP contribution in [0, 0.1) is 5.92 Å². The van der Waals surface area contributed by atoms with E-state index < -0.39 is 5.97 Å². The normalized spacial score (nSPS) is 10.0. The molecule has 1 aromatic rings. The van der Waals surface area contributed by atoms with Crippen molar-refractivity contribution in [3.05, 3.63) is 22.1 Å². The summed E-state index contributed by atoms with van der Waals surface area (Å²) >= 11 is 0. The Morgan fingerprint density at radius 1 is 1.56 bits per heavy atom. The summed E-state index contributed by atoms with van der Waals surface area (Å²) in [6, 6.07) is 1.26. The second-order valence-corrected chi connectivity index (χ2v) is 3.73. The summed E-state index contributed by atoms with van der Waals surface area (Å²) in [4.78, 5) is 22.6. The number of carbonyl (C=O) groups is 1. The van der Waals surface area contributed by atoms with Gasteiger partial charge < -0.3 is 4.74 Å². The number of rotatable bonds is 4. The minimum Gasteiger partial charge on any atom is -0.461 e. The molecular formula is C11H20N2O3. The van der Waals surface area contributed by atoms with E-state index in [0.29, 0.717) is 19.1 Å². The molecule has 0 aromatic carbocycles.